The summed E-state index contributed by atoms with van der Waals surface area (Å²) in [7, 11) is 1.92. The first kappa shape index (κ1) is 39.2. The second-order valence-electron chi connectivity index (χ2n) is 11.2. The molecule has 5 aromatic carbocycles. The van der Waals surface area contributed by atoms with Gasteiger partial charge in [0.1, 0.15) is 11.4 Å². The summed E-state index contributed by atoms with van der Waals surface area (Å²) in [5.74, 6) is 3.43. The molecule has 264 valence electrons. The standard InChI is InChI=1S/C39H24N3O3.C6H4N.2Pt/c1-41-20-21-42(28-41)32-11-9-17-36(26-32)45-38-24-31(23-37(27-38)44-34-14-6-3-7-15-34)39-25-30(18-19-40-39)29-10-8-16-35(22-29)43-33-12-4-2-5-13-33;1-2-7-5-3-4-6-7;;/h2-12,14-17,19-21,23,25,27H,1H3;3-6H;;/q-3;-1;+2;+4. The zero-order valence-corrected chi connectivity index (χ0v) is 33.1. The third kappa shape index (κ3) is 10.5. The van der Waals surface area contributed by atoms with E-state index in [4.69, 9.17) is 20.6 Å². The molecule has 0 spiro atoms. The van der Waals surface area contributed by atoms with E-state index in [0.717, 1.165) is 16.8 Å². The molecule has 0 saturated carbocycles. The van der Waals surface area contributed by atoms with Crippen molar-refractivity contribution in [3.63, 3.8) is 0 Å². The van der Waals surface area contributed by atoms with E-state index in [0.29, 0.717) is 45.8 Å². The Kier molecular flexibility index (Phi) is 13.9. The molecule has 0 atom stereocenters. The first-order valence-electron chi connectivity index (χ1n) is 16.2. The number of nitrogens with zero attached hydrogens (tertiary/aromatic N) is 4. The fourth-order valence-corrected chi connectivity index (χ4v) is 5.01. The average molecular weight is 1060 g/mol. The van der Waals surface area contributed by atoms with Crippen LogP contribution in [-0.2, 0) is 42.1 Å². The Morgan fingerprint density at radius 2 is 1.39 bits per heavy atom. The summed E-state index contributed by atoms with van der Waals surface area (Å²) in [6.45, 7) is 0. The maximum Gasteiger partial charge on any atom is 4.00 e. The molecule has 0 N–H and O–H groups in total. The first-order valence-corrected chi connectivity index (χ1v) is 16.2. The summed E-state index contributed by atoms with van der Waals surface area (Å²) in [4.78, 5) is 4.61. The molecule has 1 aliphatic heterocycles. The minimum Gasteiger partial charge on any atom is -0.669 e. The van der Waals surface area contributed by atoms with Gasteiger partial charge in [0.15, 0.2) is 7.05 Å². The van der Waals surface area contributed by atoms with E-state index in [2.05, 4.69) is 47.4 Å². The Hall–Kier alpha value is -6.01. The monoisotopic (exact) mass is 1060 g/mol. The third-order valence-electron chi connectivity index (χ3n) is 7.41. The second-order valence-corrected chi connectivity index (χ2v) is 11.2. The van der Waals surface area contributed by atoms with Gasteiger partial charge < -0.3 is 30.2 Å². The van der Waals surface area contributed by atoms with Crippen LogP contribution in [0.4, 0.5) is 5.69 Å². The van der Waals surface area contributed by atoms with Crippen molar-refractivity contribution >= 4 is 11.7 Å². The summed E-state index contributed by atoms with van der Waals surface area (Å²) < 4.78 is 23.7. The molecule has 0 radical (unpaired) electrons. The van der Waals surface area contributed by atoms with E-state index in [-0.39, 0.29) is 42.1 Å². The van der Waals surface area contributed by atoms with Gasteiger partial charge in [-0.05, 0) is 24.3 Å². The van der Waals surface area contributed by atoms with Crippen LogP contribution in [0.3, 0.4) is 0 Å². The molecule has 2 aromatic heterocycles. The predicted octanol–water partition coefficient (Wildman–Crippen LogP) is 9.62. The number of para-hydroxylation sites is 2. The van der Waals surface area contributed by atoms with E-state index in [1.165, 1.54) is 0 Å². The van der Waals surface area contributed by atoms with Gasteiger partial charge in [-0.3, -0.25) is 11.1 Å². The molecule has 9 heteroatoms. The Balaban J connectivity index is 0.000000562. The number of aromatic nitrogens is 2. The predicted molar refractivity (Wildman–Crippen MR) is 196 cm³/mol. The second kappa shape index (κ2) is 19.2. The molecule has 0 amide bonds. The first-order chi connectivity index (χ1) is 25.6. The summed E-state index contributed by atoms with van der Waals surface area (Å²) >= 11 is 0. The molecule has 0 fully saturated rings. The molecule has 7 aromatic rings. The molecule has 0 aliphatic carbocycles. The Morgan fingerprint density at radius 1 is 0.667 bits per heavy atom. The van der Waals surface area contributed by atoms with Gasteiger partial charge in [-0.25, -0.2) is 24.2 Å². The van der Waals surface area contributed by atoms with Crippen molar-refractivity contribution < 1.29 is 65.5 Å². The maximum atomic E-state index is 6.57. The molecule has 54 heavy (non-hydrogen) atoms. The summed E-state index contributed by atoms with van der Waals surface area (Å²) in [5.41, 5.74) is 3.74. The minimum absolute atomic E-state index is 0. The molecule has 1 aliphatic rings. The van der Waals surface area contributed by atoms with E-state index in [9.17, 15) is 0 Å². The van der Waals surface area contributed by atoms with Gasteiger partial charge in [0.05, 0.1) is 5.75 Å². The van der Waals surface area contributed by atoms with Gasteiger partial charge in [-0.15, -0.1) is 35.9 Å². The van der Waals surface area contributed by atoms with Crippen molar-refractivity contribution in [3.8, 4) is 62.9 Å². The van der Waals surface area contributed by atoms with E-state index in [1.807, 2.05) is 144 Å². The summed E-state index contributed by atoms with van der Waals surface area (Å²) in [5, 5.41) is 0. The largest absolute Gasteiger partial charge is 4.00 e. The Bertz CT molecular complexity index is 2450. The number of benzene rings is 5. The Morgan fingerprint density at radius 3 is 2.11 bits per heavy atom. The summed E-state index contributed by atoms with van der Waals surface area (Å²) in [6, 6.07) is 59.4. The van der Waals surface area contributed by atoms with Crippen LogP contribution in [0.15, 0.2) is 152 Å². The molecule has 0 bridgehead atoms. The smallest absolute Gasteiger partial charge is 0.669 e. The van der Waals surface area contributed by atoms with Crippen molar-refractivity contribution in [3.05, 3.63) is 189 Å². The van der Waals surface area contributed by atoms with Gasteiger partial charge in [0.25, 0.3) is 6.20 Å². The third-order valence-corrected chi connectivity index (χ3v) is 7.41. The number of hydrogen-bond acceptors (Lipinski definition) is 4. The number of pyridine rings is 1. The van der Waals surface area contributed by atoms with Crippen molar-refractivity contribution in [1.29, 1.82) is 0 Å². The average Bonchev–Trinajstić information content (AvgIpc) is 3.89. The van der Waals surface area contributed by atoms with Crippen LogP contribution in [0.1, 0.15) is 0 Å². The van der Waals surface area contributed by atoms with E-state index < -0.39 is 0 Å². The van der Waals surface area contributed by atoms with E-state index in [1.54, 1.807) is 29.2 Å². The van der Waals surface area contributed by atoms with Crippen molar-refractivity contribution in [2.45, 2.75) is 0 Å². The quantitative estimate of drug-likeness (QED) is 0.0822. The minimum atomic E-state index is 0. The molecule has 0 unspecified atom stereocenters. The molecule has 0 saturated heterocycles. The fourth-order valence-electron chi connectivity index (χ4n) is 5.01. The summed E-state index contributed by atoms with van der Waals surface area (Å²) in [6.07, 6.45) is 15.5. The Labute approximate surface area is 343 Å². The van der Waals surface area contributed by atoms with Gasteiger partial charge in [-0.2, -0.15) is 36.4 Å². The van der Waals surface area contributed by atoms with Gasteiger partial charge in [0, 0.05) is 35.4 Å². The zero-order valence-electron chi connectivity index (χ0n) is 28.6. The van der Waals surface area contributed by atoms with Crippen LogP contribution < -0.4 is 14.2 Å². The van der Waals surface area contributed by atoms with Crippen molar-refractivity contribution in [1.82, 2.24) is 9.55 Å². The van der Waals surface area contributed by atoms with Crippen molar-refractivity contribution in [2.24, 2.45) is 0 Å². The van der Waals surface area contributed by atoms with Crippen LogP contribution in [0.5, 0.6) is 34.5 Å². The maximum absolute atomic E-state index is 6.57. The van der Waals surface area contributed by atoms with Gasteiger partial charge in [-0.1, -0.05) is 63.5 Å². The number of ether oxygens (including phenoxy) is 3. The van der Waals surface area contributed by atoms with Crippen LogP contribution in [-0.4, -0.2) is 31.8 Å². The molecule has 3 heterocycles. The molecular formula is C45H28N4O3Pt2+2. The zero-order chi connectivity index (χ0) is 35.5. The molecule has 8 rings (SSSR count). The number of hydrogen-bond donors (Lipinski definition) is 0. The molecule has 7 nitrogen and oxygen atoms in total. The SMILES string of the molecule is C[N+]1=C=[N+](c2[c-]c(Oc3[c-]c(-c4cc(-c5[c-]c(Oc6[c-]cccc6)ccc5)[c-]cn4)cc(Oc4ccccc4)c3)ccc2)C=C1.[C-]#Cn1cccc1.[Pt+2].[Pt+4]. The van der Waals surface area contributed by atoms with Crippen LogP contribution in [0, 0.1) is 42.8 Å². The van der Waals surface area contributed by atoms with E-state index >= 15 is 0 Å². The molecular weight excluding hydrogens is 1030 g/mol. The van der Waals surface area contributed by atoms with Crippen molar-refractivity contribution in [2.75, 3.05) is 7.05 Å². The topological polar surface area (TPSA) is 51.5 Å². The van der Waals surface area contributed by atoms with Gasteiger partial charge in [0.2, 0.25) is 6.20 Å². The van der Waals surface area contributed by atoms with Crippen LogP contribution >= 0.6 is 0 Å². The number of rotatable bonds is 9. The normalized spacial score (nSPS) is 11.0. The fraction of sp³-hybridized carbons (Fsp3) is 0.0222. The van der Waals surface area contributed by atoms with Crippen LogP contribution in [0.25, 0.3) is 22.4 Å². The van der Waals surface area contributed by atoms with Crippen LogP contribution in [0.2, 0.25) is 0 Å². The van der Waals surface area contributed by atoms with Gasteiger partial charge >= 0.3 is 48.1 Å².